The molecule has 0 heterocycles. The fourth-order valence-electron chi connectivity index (χ4n) is 3.38. The Morgan fingerprint density at radius 1 is 1.39 bits per heavy atom. The lowest BCUT2D eigenvalue weighted by Gasteiger charge is -2.60. The van der Waals surface area contributed by atoms with Gasteiger partial charge in [0.15, 0.2) is 0 Å². The van der Waals surface area contributed by atoms with Gasteiger partial charge in [-0.05, 0) is 38.6 Å². The van der Waals surface area contributed by atoms with E-state index in [1.165, 1.54) is 13.0 Å². The van der Waals surface area contributed by atoms with Crippen molar-refractivity contribution in [2.75, 3.05) is 26.7 Å². The second-order valence-electron chi connectivity index (χ2n) is 7.20. The van der Waals surface area contributed by atoms with Crippen LogP contribution >= 0.6 is 0 Å². The van der Waals surface area contributed by atoms with Crippen molar-refractivity contribution in [1.29, 1.82) is 0 Å². The van der Waals surface area contributed by atoms with Crippen molar-refractivity contribution in [1.82, 2.24) is 4.90 Å². The molecule has 3 heteroatoms. The van der Waals surface area contributed by atoms with Gasteiger partial charge in [-0.15, -0.1) is 0 Å². The Balaban J connectivity index is 1.84. The highest BCUT2D eigenvalue weighted by molar-refractivity contribution is 5.14. The Kier molecular flexibility index (Phi) is 3.79. The number of likely N-dealkylation sites (N-methyl/N-ethyl adjacent to an activating group) is 1. The van der Waals surface area contributed by atoms with E-state index in [0.29, 0.717) is 6.10 Å². The largest absolute Gasteiger partial charge is 0.378 e. The summed E-state index contributed by atoms with van der Waals surface area (Å²) in [5, 5.41) is 0. The van der Waals surface area contributed by atoms with Gasteiger partial charge < -0.3 is 15.4 Å². The first-order valence-electron chi connectivity index (χ1n) is 7.39. The third-order valence-corrected chi connectivity index (χ3v) is 5.38. The van der Waals surface area contributed by atoms with Crippen molar-refractivity contribution in [3.8, 4) is 0 Å². The third kappa shape index (κ3) is 2.45. The molecule has 0 radical (unpaired) electrons. The molecule has 0 aliphatic heterocycles. The molecule has 0 spiro atoms. The summed E-state index contributed by atoms with van der Waals surface area (Å²) in [5.74, 6) is 1.83. The van der Waals surface area contributed by atoms with Crippen LogP contribution < -0.4 is 5.73 Å². The van der Waals surface area contributed by atoms with Crippen molar-refractivity contribution in [3.05, 3.63) is 0 Å². The predicted molar refractivity (Wildman–Crippen MR) is 75.5 cm³/mol. The molecule has 2 aliphatic rings. The van der Waals surface area contributed by atoms with Crippen LogP contribution in [0.2, 0.25) is 0 Å². The summed E-state index contributed by atoms with van der Waals surface area (Å²) in [4.78, 5) is 2.43. The van der Waals surface area contributed by atoms with Crippen LogP contribution in [0.5, 0.6) is 0 Å². The molecule has 18 heavy (non-hydrogen) atoms. The second kappa shape index (κ2) is 4.77. The van der Waals surface area contributed by atoms with E-state index in [2.05, 4.69) is 39.6 Å². The van der Waals surface area contributed by atoms with E-state index in [0.717, 1.165) is 31.4 Å². The molecule has 4 atom stereocenters. The monoisotopic (exact) mass is 254 g/mol. The maximum Gasteiger partial charge on any atom is 0.0662 e. The minimum absolute atomic E-state index is 0.0836. The third-order valence-electron chi connectivity index (χ3n) is 5.38. The van der Waals surface area contributed by atoms with Gasteiger partial charge in [-0.1, -0.05) is 20.8 Å². The van der Waals surface area contributed by atoms with Crippen LogP contribution in [-0.2, 0) is 4.74 Å². The lowest BCUT2D eigenvalue weighted by molar-refractivity contribution is -0.155. The van der Waals surface area contributed by atoms with E-state index < -0.39 is 0 Å². The lowest BCUT2D eigenvalue weighted by Crippen LogP contribution is -2.73. The molecule has 2 rings (SSSR count). The quantitative estimate of drug-likeness (QED) is 0.789. The van der Waals surface area contributed by atoms with Gasteiger partial charge in [-0.25, -0.2) is 0 Å². The average Bonchev–Trinajstić information content (AvgIpc) is 2.93. The van der Waals surface area contributed by atoms with E-state index in [-0.39, 0.29) is 11.0 Å². The van der Waals surface area contributed by atoms with Crippen LogP contribution in [-0.4, -0.2) is 43.3 Å². The number of hydrogen-bond acceptors (Lipinski definition) is 3. The molecular weight excluding hydrogens is 224 g/mol. The van der Waals surface area contributed by atoms with Crippen molar-refractivity contribution in [3.63, 3.8) is 0 Å². The zero-order valence-corrected chi connectivity index (χ0v) is 12.7. The zero-order valence-electron chi connectivity index (χ0n) is 12.7. The summed E-state index contributed by atoms with van der Waals surface area (Å²) in [6.07, 6.45) is 2.73. The molecule has 2 fully saturated rings. The predicted octanol–water partition coefficient (Wildman–Crippen LogP) is 2.11. The zero-order chi connectivity index (χ0) is 13.6. The number of nitrogens with zero attached hydrogens (tertiary/aromatic N) is 1. The van der Waals surface area contributed by atoms with Crippen LogP contribution in [0, 0.1) is 17.3 Å². The van der Waals surface area contributed by atoms with Crippen molar-refractivity contribution >= 4 is 0 Å². The maximum absolute atomic E-state index is 6.61. The highest BCUT2D eigenvalue weighted by Crippen LogP contribution is 2.50. The van der Waals surface area contributed by atoms with Gasteiger partial charge in [0.2, 0.25) is 0 Å². The van der Waals surface area contributed by atoms with E-state index in [1.807, 2.05) is 0 Å². The molecule has 2 N–H and O–H groups in total. The normalized spacial score (nSPS) is 41.8. The van der Waals surface area contributed by atoms with Crippen LogP contribution in [0.25, 0.3) is 0 Å². The molecule has 4 unspecified atom stereocenters. The first kappa shape index (κ1) is 14.3. The van der Waals surface area contributed by atoms with Crippen molar-refractivity contribution in [2.45, 2.75) is 52.2 Å². The van der Waals surface area contributed by atoms with Crippen LogP contribution in [0.15, 0.2) is 0 Å². The Hall–Kier alpha value is -0.120. The Morgan fingerprint density at radius 3 is 2.44 bits per heavy atom. The van der Waals surface area contributed by atoms with E-state index >= 15 is 0 Å². The first-order chi connectivity index (χ1) is 8.30. The fourth-order valence-corrected chi connectivity index (χ4v) is 3.38. The molecule has 0 aromatic carbocycles. The summed E-state index contributed by atoms with van der Waals surface area (Å²) >= 11 is 0. The van der Waals surface area contributed by atoms with Crippen LogP contribution in [0.4, 0.5) is 0 Å². The summed E-state index contributed by atoms with van der Waals surface area (Å²) in [6.45, 7) is 11.9. The number of rotatable bonds is 6. The molecule has 0 amide bonds. The van der Waals surface area contributed by atoms with E-state index in [1.54, 1.807) is 0 Å². The minimum atomic E-state index is -0.0836. The van der Waals surface area contributed by atoms with Gasteiger partial charge in [-0.3, -0.25) is 0 Å². The van der Waals surface area contributed by atoms with E-state index in [4.69, 9.17) is 10.5 Å². The van der Waals surface area contributed by atoms with Crippen LogP contribution in [0.3, 0.4) is 0 Å². The van der Waals surface area contributed by atoms with Crippen molar-refractivity contribution < 1.29 is 4.74 Å². The Morgan fingerprint density at radius 2 is 2.00 bits per heavy atom. The molecule has 3 nitrogen and oxygen atoms in total. The number of hydrogen-bond donors (Lipinski definition) is 1. The molecule has 2 aliphatic carbocycles. The lowest BCUT2D eigenvalue weighted by atomic mass is 9.54. The van der Waals surface area contributed by atoms with E-state index in [9.17, 15) is 0 Å². The molecule has 0 aromatic rings. The topological polar surface area (TPSA) is 38.5 Å². The van der Waals surface area contributed by atoms with Gasteiger partial charge in [0, 0.05) is 30.7 Å². The fraction of sp³-hybridized carbons (Fsp3) is 1.00. The van der Waals surface area contributed by atoms with Gasteiger partial charge in [-0.2, -0.15) is 0 Å². The van der Waals surface area contributed by atoms with Crippen molar-refractivity contribution in [2.24, 2.45) is 23.0 Å². The standard InChI is InChI=1S/C15H30N2O/c1-6-18-13-8-15(16,14(13,3)4)10-17(5)9-12-7-11(12)2/h11-13H,6-10,16H2,1-5H3. The maximum atomic E-state index is 6.61. The average molecular weight is 254 g/mol. The van der Waals surface area contributed by atoms with Gasteiger partial charge >= 0.3 is 0 Å². The SMILES string of the molecule is CCOC1CC(N)(CN(C)CC2CC2C)C1(C)C. The second-order valence-corrected chi connectivity index (χ2v) is 7.20. The molecule has 0 saturated heterocycles. The van der Waals surface area contributed by atoms with Gasteiger partial charge in [0.1, 0.15) is 0 Å². The number of ether oxygens (including phenoxy) is 1. The van der Waals surface area contributed by atoms with Gasteiger partial charge in [0.05, 0.1) is 6.10 Å². The molecule has 0 bridgehead atoms. The molecule has 2 saturated carbocycles. The highest BCUT2D eigenvalue weighted by atomic mass is 16.5. The number of nitrogens with two attached hydrogens (primary N) is 1. The smallest absolute Gasteiger partial charge is 0.0662 e. The van der Waals surface area contributed by atoms with Gasteiger partial charge in [0.25, 0.3) is 0 Å². The molecule has 106 valence electrons. The summed E-state index contributed by atoms with van der Waals surface area (Å²) in [7, 11) is 2.21. The summed E-state index contributed by atoms with van der Waals surface area (Å²) in [5.41, 5.74) is 6.62. The van der Waals surface area contributed by atoms with Crippen LogP contribution in [0.1, 0.15) is 40.5 Å². The summed E-state index contributed by atoms with van der Waals surface area (Å²) < 4.78 is 5.78. The Labute approximate surface area is 112 Å². The first-order valence-corrected chi connectivity index (χ1v) is 7.39. The highest BCUT2D eigenvalue weighted by Gasteiger charge is 2.58. The minimum Gasteiger partial charge on any atom is -0.378 e. The summed E-state index contributed by atoms with van der Waals surface area (Å²) in [6, 6.07) is 0. The molecular formula is C15H30N2O. The Bertz CT molecular complexity index is 305. The molecule has 0 aromatic heterocycles.